The average molecular weight is 255 g/mol. The zero-order valence-electron chi connectivity index (χ0n) is 10.0. The van der Waals surface area contributed by atoms with Crippen molar-refractivity contribution in [3.8, 4) is 0 Å². The van der Waals surface area contributed by atoms with Crippen LogP contribution < -0.4 is 10.6 Å². The molecule has 1 rings (SSSR count). The molecule has 0 aromatic carbocycles. The Morgan fingerprint density at radius 2 is 2.33 bits per heavy atom. The third kappa shape index (κ3) is 3.85. The van der Waals surface area contributed by atoms with E-state index in [4.69, 9.17) is 5.11 Å². The lowest BCUT2D eigenvalue weighted by molar-refractivity contribution is -0.148. The van der Waals surface area contributed by atoms with E-state index in [0.717, 1.165) is 0 Å². The van der Waals surface area contributed by atoms with Crippen molar-refractivity contribution < 1.29 is 19.5 Å². The minimum atomic E-state index is -1.10. The van der Waals surface area contributed by atoms with Crippen molar-refractivity contribution in [3.05, 3.63) is 12.7 Å². The van der Waals surface area contributed by atoms with Gasteiger partial charge < -0.3 is 20.6 Å². The van der Waals surface area contributed by atoms with E-state index in [1.54, 1.807) is 6.08 Å². The molecule has 3 N–H and O–H groups in total. The molecule has 0 radical (unpaired) electrons. The van der Waals surface area contributed by atoms with Crippen molar-refractivity contribution in [3.63, 3.8) is 0 Å². The number of amides is 2. The summed E-state index contributed by atoms with van der Waals surface area (Å²) in [6, 6.07) is -0.922. The number of piperazine rings is 1. The molecule has 2 amide bonds. The number of hydrogen-bond donors (Lipinski definition) is 3. The number of carboxylic acid groups (broad SMARTS) is 1. The molecule has 0 saturated carbocycles. The van der Waals surface area contributed by atoms with Gasteiger partial charge in [-0.25, -0.2) is 0 Å². The molecule has 1 aliphatic heterocycles. The van der Waals surface area contributed by atoms with E-state index in [9.17, 15) is 14.4 Å². The SMILES string of the molecule is C=CCNCC(=O)N1CCNC(=O)C1CC(=O)O. The molecule has 1 atom stereocenters. The van der Waals surface area contributed by atoms with Gasteiger partial charge in [0, 0.05) is 19.6 Å². The van der Waals surface area contributed by atoms with Gasteiger partial charge in [-0.2, -0.15) is 0 Å². The second-order valence-corrected chi connectivity index (χ2v) is 3.91. The van der Waals surface area contributed by atoms with Crippen LogP contribution in [0, 0.1) is 0 Å². The molecule has 0 bridgehead atoms. The van der Waals surface area contributed by atoms with Gasteiger partial charge >= 0.3 is 5.97 Å². The highest BCUT2D eigenvalue weighted by Gasteiger charge is 2.34. The van der Waals surface area contributed by atoms with Crippen LogP contribution in [0.5, 0.6) is 0 Å². The lowest BCUT2D eigenvalue weighted by Crippen LogP contribution is -2.59. The van der Waals surface area contributed by atoms with Crippen LogP contribution in [-0.4, -0.2) is 60.0 Å². The Hall–Kier alpha value is -1.89. The number of rotatable bonds is 6. The van der Waals surface area contributed by atoms with E-state index < -0.39 is 17.9 Å². The molecular weight excluding hydrogens is 238 g/mol. The first-order chi connectivity index (χ1) is 8.56. The first-order valence-electron chi connectivity index (χ1n) is 5.67. The monoisotopic (exact) mass is 255 g/mol. The summed E-state index contributed by atoms with van der Waals surface area (Å²) in [6.45, 7) is 4.73. The van der Waals surface area contributed by atoms with Crippen molar-refractivity contribution in [2.45, 2.75) is 12.5 Å². The molecule has 1 saturated heterocycles. The van der Waals surface area contributed by atoms with Crippen LogP contribution in [0.25, 0.3) is 0 Å². The molecule has 18 heavy (non-hydrogen) atoms. The van der Waals surface area contributed by atoms with E-state index >= 15 is 0 Å². The van der Waals surface area contributed by atoms with Crippen LogP contribution in [0.1, 0.15) is 6.42 Å². The zero-order chi connectivity index (χ0) is 13.5. The maximum atomic E-state index is 11.9. The van der Waals surface area contributed by atoms with E-state index in [1.165, 1.54) is 4.90 Å². The fraction of sp³-hybridized carbons (Fsp3) is 0.545. The lowest BCUT2D eigenvalue weighted by Gasteiger charge is -2.34. The molecule has 0 aromatic heterocycles. The van der Waals surface area contributed by atoms with Gasteiger partial charge in [0.05, 0.1) is 13.0 Å². The molecule has 7 heteroatoms. The van der Waals surface area contributed by atoms with Gasteiger partial charge in [0.2, 0.25) is 11.8 Å². The Morgan fingerprint density at radius 1 is 1.61 bits per heavy atom. The predicted molar refractivity (Wildman–Crippen MR) is 63.8 cm³/mol. The van der Waals surface area contributed by atoms with Gasteiger partial charge in [-0.05, 0) is 0 Å². The Morgan fingerprint density at radius 3 is 2.94 bits per heavy atom. The second kappa shape index (κ2) is 6.75. The summed E-state index contributed by atoms with van der Waals surface area (Å²) in [5.41, 5.74) is 0. The highest BCUT2D eigenvalue weighted by molar-refractivity contribution is 5.92. The summed E-state index contributed by atoms with van der Waals surface area (Å²) in [6.07, 6.45) is 1.24. The molecule has 1 unspecified atom stereocenters. The molecule has 1 aliphatic rings. The molecule has 1 heterocycles. The normalized spacial score (nSPS) is 19.2. The van der Waals surface area contributed by atoms with E-state index in [2.05, 4.69) is 17.2 Å². The Kier molecular flexibility index (Phi) is 5.31. The number of nitrogens with zero attached hydrogens (tertiary/aromatic N) is 1. The summed E-state index contributed by atoms with van der Waals surface area (Å²) in [4.78, 5) is 35.4. The van der Waals surface area contributed by atoms with Crippen LogP contribution >= 0.6 is 0 Å². The molecule has 0 aliphatic carbocycles. The molecule has 0 aromatic rings. The van der Waals surface area contributed by atoms with E-state index in [0.29, 0.717) is 19.6 Å². The second-order valence-electron chi connectivity index (χ2n) is 3.91. The molecular formula is C11H17N3O4. The summed E-state index contributed by atoms with van der Waals surface area (Å²) in [5.74, 6) is -1.80. The predicted octanol–water partition coefficient (Wildman–Crippen LogP) is -1.44. The molecule has 7 nitrogen and oxygen atoms in total. The number of carbonyl (C=O) groups is 3. The zero-order valence-corrected chi connectivity index (χ0v) is 10.0. The maximum Gasteiger partial charge on any atom is 0.305 e. The van der Waals surface area contributed by atoms with Crippen LogP contribution in [0.2, 0.25) is 0 Å². The Balaban J connectivity index is 2.63. The molecule has 0 spiro atoms. The quantitative estimate of drug-likeness (QED) is 0.399. The lowest BCUT2D eigenvalue weighted by atomic mass is 10.1. The maximum absolute atomic E-state index is 11.9. The fourth-order valence-corrected chi connectivity index (χ4v) is 1.76. The van der Waals surface area contributed by atoms with Crippen molar-refractivity contribution in [2.24, 2.45) is 0 Å². The van der Waals surface area contributed by atoms with Crippen molar-refractivity contribution >= 4 is 17.8 Å². The van der Waals surface area contributed by atoms with Crippen LogP contribution in [-0.2, 0) is 14.4 Å². The standard InChI is InChI=1S/C11H17N3O4/c1-2-3-12-7-9(15)14-5-4-13-11(18)8(14)6-10(16)17/h2,8,12H,1,3-7H2,(H,13,18)(H,16,17). The Labute approximate surface area is 105 Å². The van der Waals surface area contributed by atoms with Crippen LogP contribution in [0.3, 0.4) is 0 Å². The molecule has 100 valence electrons. The average Bonchev–Trinajstić information content (AvgIpc) is 2.31. The summed E-state index contributed by atoms with van der Waals surface area (Å²) < 4.78 is 0. The number of carboxylic acids is 1. The van der Waals surface area contributed by atoms with E-state index in [1.807, 2.05) is 0 Å². The summed E-state index contributed by atoms with van der Waals surface area (Å²) in [5, 5.41) is 14.1. The van der Waals surface area contributed by atoms with Gasteiger partial charge in [-0.15, -0.1) is 6.58 Å². The number of carbonyl (C=O) groups excluding carboxylic acids is 2. The largest absolute Gasteiger partial charge is 0.481 e. The number of aliphatic carboxylic acids is 1. The summed E-state index contributed by atoms with van der Waals surface area (Å²) >= 11 is 0. The van der Waals surface area contributed by atoms with Gasteiger partial charge in [-0.3, -0.25) is 14.4 Å². The van der Waals surface area contributed by atoms with Gasteiger partial charge in [0.25, 0.3) is 0 Å². The minimum absolute atomic E-state index is 0.0649. The van der Waals surface area contributed by atoms with E-state index in [-0.39, 0.29) is 18.9 Å². The highest BCUT2D eigenvalue weighted by Crippen LogP contribution is 2.09. The molecule has 1 fully saturated rings. The van der Waals surface area contributed by atoms with Crippen LogP contribution in [0.4, 0.5) is 0 Å². The van der Waals surface area contributed by atoms with Crippen molar-refractivity contribution in [1.82, 2.24) is 15.5 Å². The van der Waals surface area contributed by atoms with Crippen LogP contribution in [0.15, 0.2) is 12.7 Å². The number of hydrogen-bond acceptors (Lipinski definition) is 4. The summed E-state index contributed by atoms with van der Waals surface area (Å²) in [7, 11) is 0. The van der Waals surface area contributed by atoms with Crippen molar-refractivity contribution in [1.29, 1.82) is 0 Å². The van der Waals surface area contributed by atoms with Crippen molar-refractivity contribution in [2.75, 3.05) is 26.2 Å². The highest BCUT2D eigenvalue weighted by atomic mass is 16.4. The van der Waals surface area contributed by atoms with Gasteiger partial charge in [0.1, 0.15) is 6.04 Å². The smallest absolute Gasteiger partial charge is 0.305 e. The van der Waals surface area contributed by atoms with Gasteiger partial charge in [0.15, 0.2) is 0 Å². The minimum Gasteiger partial charge on any atom is -0.481 e. The topological polar surface area (TPSA) is 98.7 Å². The third-order valence-electron chi connectivity index (χ3n) is 2.58. The van der Waals surface area contributed by atoms with Gasteiger partial charge in [-0.1, -0.05) is 6.08 Å². The first kappa shape index (κ1) is 14.2. The first-order valence-corrected chi connectivity index (χ1v) is 5.67. The Bertz CT molecular complexity index is 356. The number of nitrogens with one attached hydrogen (secondary N) is 2. The fourth-order valence-electron chi connectivity index (χ4n) is 1.76. The third-order valence-corrected chi connectivity index (χ3v) is 2.58.